The van der Waals surface area contributed by atoms with Gasteiger partial charge in [0.15, 0.2) is 5.82 Å². The molecule has 0 saturated carbocycles. The van der Waals surface area contributed by atoms with Crippen LogP contribution in [-0.4, -0.2) is 45.3 Å². The summed E-state index contributed by atoms with van der Waals surface area (Å²) < 4.78 is 1.92. The monoisotopic (exact) mass is 356 g/mol. The fourth-order valence-electron chi connectivity index (χ4n) is 3.44. The number of nitrogens with zero attached hydrogens (tertiary/aromatic N) is 4. The van der Waals surface area contributed by atoms with Crippen LogP contribution in [-0.2, 0) is 19.6 Å². The molecule has 3 rings (SSSR count). The van der Waals surface area contributed by atoms with Crippen LogP contribution < -0.4 is 10.6 Å². The number of urea groups is 1. The fraction of sp³-hybridized carbons (Fsp3) is 0.526. The SMILES string of the molecule is CCn1cnnc1CNC(=O)NC[C@H]1CCCN(Cc2ccccc2)C1. The summed E-state index contributed by atoms with van der Waals surface area (Å²) in [6.45, 7) is 7.06. The van der Waals surface area contributed by atoms with Crippen molar-refractivity contribution in [1.29, 1.82) is 0 Å². The predicted octanol–water partition coefficient (Wildman–Crippen LogP) is 2.01. The Bertz CT molecular complexity index is 686. The molecule has 140 valence electrons. The molecule has 0 bridgehead atoms. The number of likely N-dealkylation sites (tertiary alicyclic amines) is 1. The van der Waals surface area contributed by atoms with Crippen molar-refractivity contribution < 1.29 is 4.79 Å². The molecule has 1 atom stereocenters. The Labute approximate surface area is 154 Å². The van der Waals surface area contributed by atoms with Crippen molar-refractivity contribution in [3.63, 3.8) is 0 Å². The van der Waals surface area contributed by atoms with E-state index in [0.29, 0.717) is 19.0 Å². The molecule has 7 nitrogen and oxygen atoms in total. The molecule has 2 amide bonds. The molecule has 2 N–H and O–H groups in total. The number of carbonyl (C=O) groups excluding carboxylic acids is 1. The zero-order valence-corrected chi connectivity index (χ0v) is 15.4. The van der Waals surface area contributed by atoms with E-state index in [1.54, 1.807) is 6.33 Å². The summed E-state index contributed by atoms with van der Waals surface area (Å²) in [5.74, 6) is 1.27. The van der Waals surface area contributed by atoms with Gasteiger partial charge in [0.1, 0.15) is 6.33 Å². The smallest absolute Gasteiger partial charge is 0.315 e. The Morgan fingerprint density at radius 1 is 1.27 bits per heavy atom. The topological polar surface area (TPSA) is 75.1 Å². The molecule has 26 heavy (non-hydrogen) atoms. The van der Waals surface area contributed by atoms with Crippen LogP contribution in [0.25, 0.3) is 0 Å². The first kappa shape index (κ1) is 18.4. The Kier molecular flexibility index (Phi) is 6.60. The standard InChI is InChI=1S/C19H28N6O/c1-2-25-15-22-23-18(25)12-21-19(26)20-11-17-9-6-10-24(14-17)13-16-7-4-3-5-8-16/h3-5,7-8,15,17H,2,6,9-14H2,1H3,(H2,20,21,26)/t17-/m1/s1. The number of aromatic nitrogens is 3. The van der Waals surface area contributed by atoms with Gasteiger partial charge in [-0.25, -0.2) is 4.79 Å². The third-order valence-corrected chi connectivity index (χ3v) is 4.85. The number of benzene rings is 1. The molecule has 1 aliphatic rings. The highest BCUT2D eigenvalue weighted by molar-refractivity contribution is 5.73. The second kappa shape index (κ2) is 9.33. The van der Waals surface area contributed by atoms with Crippen molar-refractivity contribution in [2.75, 3.05) is 19.6 Å². The first-order valence-corrected chi connectivity index (χ1v) is 9.39. The quantitative estimate of drug-likeness (QED) is 0.796. The highest BCUT2D eigenvalue weighted by Gasteiger charge is 2.20. The van der Waals surface area contributed by atoms with Crippen LogP contribution >= 0.6 is 0 Å². The Morgan fingerprint density at radius 2 is 2.12 bits per heavy atom. The molecule has 1 aromatic heterocycles. The average Bonchev–Trinajstić information content (AvgIpc) is 3.13. The number of piperidine rings is 1. The molecule has 1 saturated heterocycles. The van der Waals surface area contributed by atoms with E-state index in [1.807, 2.05) is 17.6 Å². The maximum Gasteiger partial charge on any atom is 0.315 e. The number of carbonyl (C=O) groups is 1. The number of amides is 2. The minimum atomic E-state index is -0.143. The van der Waals surface area contributed by atoms with Gasteiger partial charge in [-0.05, 0) is 37.8 Å². The molecule has 0 aliphatic carbocycles. The molecule has 2 heterocycles. The molecule has 2 aromatic rings. The summed E-state index contributed by atoms with van der Waals surface area (Å²) in [7, 11) is 0. The molecule has 0 radical (unpaired) electrons. The van der Waals surface area contributed by atoms with Crippen molar-refractivity contribution in [2.24, 2.45) is 5.92 Å². The Morgan fingerprint density at radius 3 is 2.92 bits per heavy atom. The van der Waals surface area contributed by atoms with Crippen molar-refractivity contribution in [3.05, 3.63) is 48.0 Å². The maximum absolute atomic E-state index is 12.1. The highest BCUT2D eigenvalue weighted by atomic mass is 16.2. The van der Waals surface area contributed by atoms with E-state index in [-0.39, 0.29) is 6.03 Å². The molecule has 1 fully saturated rings. The van der Waals surface area contributed by atoms with Gasteiger partial charge in [0.25, 0.3) is 0 Å². The maximum atomic E-state index is 12.1. The lowest BCUT2D eigenvalue weighted by molar-refractivity contribution is 0.165. The minimum absolute atomic E-state index is 0.143. The van der Waals surface area contributed by atoms with Crippen LogP contribution in [0.2, 0.25) is 0 Å². The normalized spacial score (nSPS) is 17.8. The van der Waals surface area contributed by atoms with Crippen LogP contribution in [0.15, 0.2) is 36.7 Å². The zero-order valence-electron chi connectivity index (χ0n) is 15.4. The van der Waals surface area contributed by atoms with Crippen LogP contribution in [0.5, 0.6) is 0 Å². The van der Waals surface area contributed by atoms with Crippen molar-refractivity contribution in [1.82, 2.24) is 30.3 Å². The van der Waals surface area contributed by atoms with E-state index < -0.39 is 0 Å². The number of hydrogen-bond acceptors (Lipinski definition) is 4. The molecule has 0 unspecified atom stereocenters. The zero-order chi connectivity index (χ0) is 18.2. The van der Waals surface area contributed by atoms with Gasteiger partial charge in [0.05, 0.1) is 6.54 Å². The lowest BCUT2D eigenvalue weighted by Gasteiger charge is -2.32. The fourth-order valence-corrected chi connectivity index (χ4v) is 3.44. The highest BCUT2D eigenvalue weighted by Crippen LogP contribution is 2.18. The summed E-state index contributed by atoms with van der Waals surface area (Å²) >= 11 is 0. The third kappa shape index (κ3) is 5.29. The van der Waals surface area contributed by atoms with Gasteiger partial charge < -0.3 is 15.2 Å². The Balaban J connectivity index is 1.39. The van der Waals surface area contributed by atoms with Crippen molar-refractivity contribution in [2.45, 2.75) is 39.4 Å². The minimum Gasteiger partial charge on any atom is -0.338 e. The number of rotatable bonds is 7. The van der Waals surface area contributed by atoms with Gasteiger partial charge in [-0.2, -0.15) is 0 Å². The van der Waals surface area contributed by atoms with E-state index in [0.717, 1.165) is 38.4 Å². The number of hydrogen-bond donors (Lipinski definition) is 2. The molecular formula is C19H28N6O. The van der Waals surface area contributed by atoms with Gasteiger partial charge in [-0.15, -0.1) is 10.2 Å². The summed E-state index contributed by atoms with van der Waals surface area (Å²) in [4.78, 5) is 14.5. The van der Waals surface area contributed by atoms with E-state index in [2.05, 4.69) is 50.0 Å². The number of nitrogens with one attached hydrogen (secondary N) is 2. The van der Waals surface area contributed by atoms with E-state index in [1.165, 1.54) is 12.0 Å². The first-order chi connectivity index (χ1) is 12.7. The van der Waals surface area contributed by atoms with E-state index in [4.69, 9.17) is 0 Å². The van der Waals surface area contributed by atoms with Gasteiger partial charge in [0, 0.05) is 26.2 Å². The van der Waals surface area contributed by atoms with Gasteiger partial charge in [0.2, 0.25) is 0 Å². The second-order valence-corrected chi connectivity index (χ2v) is 6.83. The third-order valence-electron chi connectivity index (χ3n) is 4.85. The van der Waals surface area contributed by atoms with E-state index >= 15 is 0 Å². The molecule has 1 aromatic carbocycles. The lowest BCUT2D eigenvalue weighted by Crippen LogP contribution is -2.43. The summed E-state index contributed by atoms with van der Waals surface area (Å²) in [6.07, 6.45) is 4.02. The summed E-state index contributed by atoms with van der Waals surface area (Å²) in [5.41, 5.74) is 1.35. The van der Waals surface area contributed by atoms with Gasteiger partial charge in [-0.3, -0.25) is 4.90 Å². The Hall–Kier alpha value is -2.41. The largest absolute Gasteiger partial charge is 0.338 e. The summed E-state index contributed by atoms with van der Waals surface area (Å²) in [6, 6.07) is 10.4. The van der Waals surface area contributed by atoms with E-state index in [9.17, 15) is 4.79 Å². The average molecular weight is 356 g/mol. The van der Waals surface area contributed by atoms with Gasteiger partial charge >= 0.3 is 6.03 Å². The molecule has 7 heteroatoms. The lowest BCUT2D eigenvalue weighted by atomic mass is 9.97. The van der Waals surface area contributed by atoms with Crippen LogP contribution in [0.1, 0.15) is 31.2 Å². The van der Waals surface area contributed by atoms with Crippen LogP contribution in [0, 0.1) is 5.92 Å². The molecular weight excluding hydrogens is 328 g/mol. The van der Waals surface area contributed by atoms with Crippen molar-refractivity contribution >= 4 is 6.03 Å². The van der Waals surface area contributed by atoms with Crippen LogP contribution in [0.4, 0.5) is 4.79 Å². The predicted molar refractivity (Wildman–Crippen MR) is 100 cm³/mol. The number of aryl methyl sites for hydroxylation is 1. The first-order valence-electron chi connectivity index (χ1n) is 9.39. The summed E-state index contributed by atoms with van der Waals surface area (Å²) in [5, 5.41) is 13.8. The second-order valence-electron chi connectivity index (χ2n) is 6.83. The van der Waals surface area contributed by atoms with Crippen LogP contribution in [0.3, 0.4) is 0 Å². The molecule has 1 aliphatic heterocycles. The van der Waals surface area contributed by atoms with Gasteiger partial charge in [-0.1, -0.05) is 30.3 Å². The molecule has 0 spiro atoms. The van der Waals surface area contributed by atoms with Crippen molar-refractivity contribution in [3.8, 4) is 0 Å².